The average Bonchev–Trinajstić information content (AvgIpc) is 2.49. The first-order valence-corrected chi connectivity index (χ1v) is 8.62. The summed E-state index contributed by atoms with van der Waals surface area (Å²) in [6.07, 6.45) is 0. The van der Waals surface area contributed by atoms with Crippen LogP contribution in [0.2, 0.25) is 0 Å². The molecule has 3 rings (SSSR count). The van der Waals surface area contributed by atoms with Gasteiger partial charge in [0, 0.05) is 34.7 Å². The maximum absolute atomic E-state index is 6.02. The van der Waals surface area contributed by atoms with E-state index in [1.54, 1.807) is 0 Å². The van der Waals surface area contributed by atoms with Gasteiger partial charge in [-0.05, 0) is 19.1 Å². The molecule has 0 amide bonds. The predicted molar refractivity (Wildman–Crippen MR) is 90.0 cm³/mol. The summed E-state index contributed by atoms with van der Waals surface area (Å²) in [5.41, 5.74) is 3.28. The molecule has 1 saturated heterocycles. The number of hydrogen-bond acceptors (Lipinski definition) is 3. The van der Waals surface area contributed by atoms with Gasteiger partial charge >= 0.3 is 0 Å². The van der Waals surface area contributed by atoms with E-state index in [2.05, 4.69) is 59.8 Å². The number of alkyl halides is 1. The van der Waals surface area contributed by atoms with Crippen LogP contribution in [0.4, 0.5) is 5.69 Å². The normalized spacial score (nSPS) is 23.2. The number of halogens is 1. The number of rotatable bonds is 2. The zero-order chi connectivity index (χ0) is 14.1. The maximum atomic E-state index is 6.02. The van der Waals surface area contributed by atoms with Gasteiger partial charge in [-0.1, -0.05) is 25.1 Å². The summed E-state index contributed by atoms with van der Waals surface area (Å²) in [6.45, 7) is 5.71. The number of thioether (sulfide) groups is 1. The minimum atomic E-state index is 0.463. The van der Waals surface area contributed by atoms with Crippen LogP contribution in [0.3, 0.4) is 0 Å². The van der Waals surface area contributed by atoms with Crippen molar-refractivity contribution in [3.63, 3.8) is 0 Å². The van der Waals surface area contributed by atoms with Gasteiger partial charge in [0.25, 0.3) is 0 Å². The Labute approximate surface area is 129 Å². The predicted octanol–water partition coefficient (Wildman–Crippen LogP) is 4.30. The fourth-order valence-corrected chi connectivity index (χ4v) is 4.03. The number of para-hydroxylation sites is 1. The molecule has 2 heterocycles. The number of aromatic nitrogens is 1. The monoisotopic (exact) mass is 306 g/mol. The lowest BCUT2D eigenvalue weighted by molar-refractivity contribution is 0.629. The van der Waals surface area contributed by atoms with Gasteiger partial charge in [0.1, 0.15) is 0 Å². The fraction of sp³-hybridized carbons (Fsp3) is 0.438. The molecule has 0 radical (unpaired) electrons. The lowest BCUT2D eigenvalue weighted by atomic mass is 10.1. The van der Waals surface area contributed by atoms with Crippen molar-refractivity contribution in [3.8, 4) is 0 Å². The lowest BCUT2D eigenvalue weighted by Gasteiger charge is -2.39. The molecule has 2 unspecified atom stereocenters. The molecule has 1 fully saturated rings. The molecule has 1 aromatic heterocycles. The highest BCUT2D eigenvalue weighted by molar-refractivity contribution is 8.00. The molecule has 4 heteroatoms. The zero-order valence-corrected chi connectivity index (χ0v) is 13.4. The molecule has 106 valence electrons. The van der Waals surface area contributed by atoms with Crippen molar-refractivity contribution in [3.05, 3.63) is 36.0 Å². The Morgan fingerprint density at radius 2 is 2.15 bits per heavy atom. The van der Waals surface area contributed by atoms with E-state index in [0.29, 0.717) is 17.2 Å². The smallest absolute Gasteiger partial charge is 0.0726 e. The van der Waals surface area contributed by atoms with Crippen LogP contribution in [-0.4, -0.2) is 28.6 Å². The Balaban J connectivity index is 2.13. The Morgan fingerprint density at radius 1 is 1.35 bits per heavy atom. The molecule has 2 nitrogen and oxygen atoms in total. The average molecular weight is 307 g/mol. The third kappa shape index (κ3) is 2.49. The van der Waals surface area contributed by atoms with Crippen LogP contribution in [-0.2, 0) is 5.88 Å². The van der Waals surface area contributed by atoms with Gasteiger partial charge in [-0.15, -0.1) is 11.6 Å². The largest absolute Gasteiger partial charge is 0.366 e. The molecular formula is C16H19ClN2S. The van der Waals surface area contributed by atoms with Crippen LogP contribution in [0, 0.1) is 0 Å². The van der Waals surface area contributed by atoms with Gasteiger partial charge in [-0.25, -0.2) is 0 Å². The van der Waals surface area contributed by atoms with Gasteiger partial charge in [0.15, 0.2) is 0 Å². The second kappa shape index (κ2) is 5.82. The second-order valence-corrected chi connectivity index (χ2v) is 7.05. The Kier molecular flexibility index (Phi) is 4.08. The number of fused-ring (bicyclic) bond motifs is 1. The number of pyridine rings is 1. The van der Waals surface area contributed by atoms with Gasteiger partial charge in [0.2, 0.25) is 0 Å². The Hall–Kier alpha value is -0.930. The maximum Gasteiger partial charge on any atom is 0.0726 e. The van der Waals surface area contributed by atoms with Crippen molar-refractivity contribution in [2.75, 3.05) is 17.2 Å². The van der Waals surface area contributed by atoms with Gasteiger partial charge in [0.05, 0.1) is 17.1 Å². The topological polar surface area (TPSA) is 16.1 Å². The molecule has 2 aromatic rings. The third-order valence-corrected chi connectivity index (χ3v) is 5.69. The van der Waals surface area contributed by atoms with Crippen molar-refractivity contribution < 1.29 is 0 Å². The van der Waals surface area contributed by atoms with E-state index < -0.39 is 0 Å². The molecule has 20 heavy (non-hydrogen) atoms. The molecule has 0 bridgehead atoms. The molecule has 1 aliphatic heterocycles. The van der Waals surface area contributed by atoms with Crippen molar-refractivity contribution in [2.24, 2.45) is 0 Å². The van der Waals surface area contributed by atoms with E-state index in [-0.39, 0.29) is 0 Å². The molecule has 1 aromatic carbocycles. The first kappa shape index (κ1) is 14.0. The summed E-state index contributed by atoms with van der Waals surface area (Å²) < 4.78 is 0. The molecule has 0 N–H and O–H groups in total. The zero-order valence-electron chi connectivity index (χ0n) is 11.8. The van der Waals surface area contributed by atoms with E-state index in [1.807, 2.05) is 6.07 Å². The molecule has 0 saturated carbocycles. The minimum absolute atomic E-state index is 0.463. The summed E-state index contributed by atoms with van der Waals surface area (Å²) in [5.74, 6) is 1.64. The van der Waals surface area contributed by atoms with Crippen LogP contribution in [0.1, 0.15) is 19.5 Å². The summed E-state index contributed by atoms with van der Waals surface area (Å²) >= 11 is 8.07. The van der Waals surface area contributed by atoms with Crippen molar-refractivity contribution in [2.45, 2.75) is 31.0 Å². The standard InChI is InChI=1S/C16H19ClN2S/c1-11-12(2)20-8-7-19(11)16-9-13(10-17)18-15-6-4-3-5-14(15)16/h3-6,9,11-12H,7-8,10H2,1-2H3. The fourth-order valence-electron chi connectivity index (χ4n) is 2.79. The molecule has 2 atom stereocenters. The van der Waals surface area contributed by atoms with E-state index in [0.717, 1.165) is 17.8 Å². The molecule has 1 aliphatic rings. The van der Waals surface area contributed by atoms with E-state index in [1.165, 1.54) is 16.8 Å². The summed E-state index contributed by atoms with van der Waals surface area (Å²) in [6, 6.07) is 11.0. The SMILES string of the molecule is CC1SCCN(c2cc(CCl)nc3ccccc23)C1C. The van der Waals surface area contributed by atoms with Crippen LogP contribution in [0.25, 0.3) is 10.9 Å². The highest BCUT2D eigenvalue weighted by Gasteiger charge is 2.26. The number of hydrogen-bond donors (Lipinski definition) is 0. The first-order valence-electron chi connectivity index (χ1n) is 7.03. The highest BCUT2D eigenvalue weighted by atomic mass is 35.5. The second-order valence-electron chi connectivity index (χ2n) is 5.29. The van der Waals surface area contributed by atoms with Crippen molar-refractivity contribution in [1.82, 2.24) is 4.98 Å². The summed E-state index contributed by atoms with van der Waals surface area (Å²) in [4.78, 5) is 7.14. The molecule has 0 aliphatic carbocycles. The third-order valence-electron chi connectivity index (χ3n) is 4.08. The van der Waals surface area contributed by atoms with Crippen LogP contribution in [0.5, 0.6) is 0 Å². The minimum Gasteiger partial charge on any atom is -0.366 e. The van der Waals surface area contributed by atoms with Crippen molar-refractivity contribution in [1.29, 1.82) is 0 Å². The lowest BCUT2D eigenvalue weighted by Crippen LogP contribution is -2.44. The summed E-state index contributed by atoms with van der Waals surface area (Å²) in [7, 11) is 0. The van der Waals surface area contributed by atoms with E-state index >= 15 is 0 Å². The highest BCUT2D eigenvalue weighted by Crippen LogP contribution is 2.34. The number of benzene rings is 1. The Morgan fingerprint density at radius 3 is 2.95 bits per heavy atom. The van der Waals surface area contributed by atoms with Crippen molar-refractivity contribution >= 4 is 40.0 Å². The van der Waals surface area contributed by atoms with E-state index in [4.69, 9.17) is 11.6 Å². The molecule has 0 spiro atoms. The van der Waals surface area contributed by atoms with Gasteiger partial charge < -0.3 is 4.90 Å². The van der Waals surface area contributed by atoms with E-state index in [9.17, 15) is 0 Å². The number of nitrogens with zero attached hydrogens (tertiary/aromatic N) is 2. The van der Waals surface area contributed by atoms with Crippen LogP contribution in [0.15, 0.2) is 30.3 Å². The quantitative estimate of drug-likeness (QED) is 0.769. The Bertz CT molecular complexity index is 616. The van der Waals surface area contributed by atoms with Crippen LogP contribution < -0.4 is 4.90 Å². The summed E-state index contributed by atoms with van der Waals surface area (Å²) in [5, 5.41) is 1.88. The molecular weight excluding hydrogens is 288 g/mol. The van der Waals surface area contributed by atoms with Gasteiger partial charge in [-0.3, -0.25) is 4.98 Å². The van der Waals surface area contributed by atoms with Gasteiger partial charge in [-0.2, -0.15) is 11.8 Å². The number of anilines is 1. The first-order chi connectivity index (χ1) is 9.70. The van der Waals surface area contributed by atoms with Crippen LogP contribution >= 0.6 is 23.4 Å².